The highest BCUT2D eigenvalue weighted by Crippen LogP contribution is 2.35. The molecule has 7 nitrogen and oxygen atoms in total. The molecule has 1 aliphatic heterocycles. The zero-order valence-electron chi connectivity index (χ0n) is 19.2. The Morgan fingerprint density at radius 1 is 1.06 bits per heavy atom. The molecule has 0 saturated carbocycles. The average Bonchev–Trinajstić information content (AvgIpc) is 3.03. The van der Waals surface area contributed by atoms with Gasteiger partial charge >= 0.3 is 0 Å². The molecule has 7 heteroatoms. The van der Waals surface area contributed by atoms with E-state index in [2.05, 4.69) is 5.32 Å². The van der Waals surface area contributed by atoms with E-state index >= 15 is 0 Å². The number of amides is 4. The first-order chi connectivity index (χ1) is 15.4. The molecule has 1 aromatic carbocycles. The minimum atomic E-state index is -0.611. The van der Waals surface area contributed by atoms with E-state index in [1.165, 1.54) is 4.90 Å². The van der Waals surface area contributed by atoms with Gasteiger partial charge in [-0.3, -0.25) is 24.1 Å². The molecule has 0 radical (unpaired) electrons. The predicted molar refractivity (Wildman–Crippen MR) is 121 cm³/mol. The smallest absolute Gasteiger partial charge is 0.242 e. The highest BCUT2D eigenvalue weighted by Gasteiger charge is 2.47. The predicted octanol–water partition coefficient (Wildman–Crippen LogP) is 2.58. The minimum Gasteiger partial charge on any atom is -0.355 e. The van der Waals surface area contributed by atoms with Crippen LogP contribution in [0.1, 0.15) is 50.7 Å². The molecule has 32 heavy (non-hydrogen) atoms. The molecule has 0 unspecified atom stereocenters. The molecule has 1 aliphatic carbocycles. The first-order valence-electron chi connectivity index (χ1n) is 11.5. The molecular formula is C25H33N3O4. The van der Waals surface area contributed by atoms with Gasteiger partial charge in [0, 0.05) is 26.1 Å². The highest BCUT2D eigenvalue weighted by atomic mass is 16.2. The van der Waals surface area contributed by atoms with Crippen LogP contribution in [0.15, 0.2) is 36.4 Å². The van der Waals surface area contributed by atoms with Crippen molar-refractivity contribution >= 4 is 23.6 Å². The number of allylic oxidation sites excluding steroid dienone is 2. The lowest BCUT2D eigenvalue weighted by Crippen LogP contribution is -2.49. The largest absolute Gasteiger partial charge is 0.355 e. The second-order valence-electron chi connectivity index (χ2n) is 8.56. The second kappa shape index (κ2) is 10.6. The summed E-state index contributed by atoms with van der Waals surface area (Å²) in [7, 11) is 0. The molecule has 2 aliphatic rings. The summed E-state index contributed by atoms with van der Waals surface area (Å²) >= 11 is 0. The van der Waals surface area contributed by atoms with E-state index in [9.17, 15) is 19.2 Å². The van der Waals surface area contributed by atoms with Crippen LogP contribution >= 0.6 is 0 Å². The maximum atomic E-state index is 13.3. The Balaban J connectivity index is 1.74. The third-order valence-corrected chi connectivity index (χ3v) is 6.36. The molecule has 1 N–H and O–H groups in total. The number of likely N-dealkylation sites (N-methyl/N-ethyl adjacent to an activating group) is 1. The van der Waals surface area contributed by atoms with Crippen LogP contribution in [-0.2, 0) is 25.7 Å². The van der Waals surface area contributed by atoms with Crippen molar-refractivity contribution in [2.45, 2.75) is 59.0 Å². The van der Waals surface area contributed by atoms with Gasteiger partial charge in [0.2, 0.25) is 23.6 Å². The normalized spacial score (nSPS) is 20.8. The molecule has 0 spiro atoms. The standard InChI is InChI=1S/C25H33N3O4/c1-4-21(23(30)26-5-2)28(16-18-12-10-17(3)11-13-18)22(29)14-15-27-24(31)19-8-6-7-9-20(19)25(27)32/h6-7,10-13,19-21H,4-5,8-9,14-16H2,1-3H3,(H,26,30)/t19-,20+,21-/m0/s1. The van der Waals surface area contributed by atoms with E-state index < -0.39 is 6.04 Å². The second-order valence-corrected chi connectivity index (χ2v) is 8.56. The van der Waals surface area contributed by atoms with Gasteiger partial charge < -0.3 is 10.2 Å². The van der Waals surface area contributed by atoms with Gasteiger partial charge in [0.05, 0.1) is 11.8 Å². The van der Waals surface area contributed by atoms with Crippen LogP contribution in [0, 0.1) is 18.8 Å². The number of carbonyl (C=O) groups is 4. The van der Waals surface area contributed by atoms with Crippen molar-refractivity contribution in [1.82, 2.24) is 15.1 Å². The fourth-order valence-electron chi connectivity index (χ4n) is 4.54. The number of nitrogens with zero attached hydrogens (tertiary/aromatic N) is 2. The van der Waals surface area contributed by atoms with Gasteiger partial charge in [0.15, 0.2) is 0 Å². The van der Waals surface area contributed by atoms with E-state index in [0.717, 1.165) is 11.1 Å². The summed E-state index contributed by atoms with van der Waals surface area (Å²) in [5.41, 5.74) is 2.04. The molecular weight excluding hydrogens is 406 g/mol. The van der Waals surface area contributed by atoms with Crippen LogP contribution in [0.25, 0.3) is 0 Å². The Morgan fingerprint density at radius 2 is 1.66 bits per heavy atom. The number of hydrogen-bond donors (Lipinski definition) is 1. The fourth-order valence-corrected chi connectivity index (χ4v) is 4.54. The Bertz CT molecular complexity index is 867. The Morgan fingerprint density at radius 3 is 2.19 bits per heavy atom. The lowest BCUT2D eigenvalue weighted by molar-refractivity contribution is -0.144. The molecule has 0 bridgehead atoms. The Kier molecular flexibility index (Phi) is 7.83. The summed E-state index contributed by atoms with van der Waals surface area (Å²) in [5, 5.41) is 2.81. The lowest BCUT2D eigenvalue weighted by atomic mass is 9.85. The van der Waals surface area contributed by atoms with Crippen LogP contribution in [0.5, 0.6) is 0 Å². The number of benzene rings is 1. The van der Waals surface area contributed by atoms with E-state index in [4.69, 9.17) is 0 Å². The summed E-state index contributed by atoms with van der Waals surface area (Å²) in [6, 6.07) is 7.24. The van der Waals surface area contributed by atoms with E-state index in [0.29, 0.717) is 32.4 Å². The van der Waals surface area contributed by atoms with Crippen molar-refractivity contribution in [2.75, 3.05) is 13.1 Å². The third-order valence-electron chi connectivity index (χ3n) is 6.36. The summed E-state index contributed by atoms with van der Waals surface area (Å²) in [4.78, 5) is 54.2. The molecule has 3 rings (SSSR count). The molecule has 3 atom stereocenters. The van der Waals surface area contributed by atoms with Gasteiger partial charge in [-0.15, -0.1) is 0 Å². The van der Waals surface area contributed by atoms with Crippen molar-refractivity contribution in [3.63, 3.8) is 0 Å². The summed E-state index contributed by atoms with van der Waals surface area (Å²) in [6.07, 6.45) is 5.53. The van der Waals surface area contributed by atoms with Gasteiger partial charge in [-0.1, -0.05) is 48.9 Å². The number of carbonyl (C=O) groups excluding carboxylic acids is 4. The minimum absolute atomic E-state index is 0.00607. The molecule has 1 heterocycles. The number of rotatable bonds is 9. The van der Waals surface area contributed by atoms with Crippen LogP contribution in [0.4, 0.5) is 0 Å². The average molecular weight is 440 g/mol. The monoisotopic (exact) mass is 439 g/mol. The Hall–Kier alpha value is -2.96. The quantitative estimate of drug-likeness (QED) is 0.473. The van der Waals surface area contributed by atoms with Crippen molar-refractivity contribution in [3.8, 4) is 0 Å². The fraction of sp³-hybridized carbons (Fsp3) is 0.520. The summed E-state index contributed by atoms with van der Waals surface area (Å²) in [5.74, 6) is -1.40. The van der Waals surface area contributed by atoms with Crippen molar-refractivity contribution in [3.05, 3.63) is 47.5 Å². The molecule has 172 valence electrons. The summed E-state index contributed by atoms with van der Waals surface area (Å²) in [6.45, 7) is 6.55. The maximum absolute atomic E-state index is 13.3. The van der Waals surface area contributed by atoms with Gasteiger partial charge in [-0.05, 0) is 38.7 Å². The van der Waals surface area contributed by atoms with Crippen LogP contribution in [0.2, 0.25) is 0 Å². The number of fused-ring (bicyclic) bond motifs is 1. The van der Waals surface area contributed by atoms with Gasteiger partial charge in [-0.2, -0.15) is 0 Å². The number of imide groups is 1. The zero-order chi connectivity index (χ0) is 23.3. The molecule has 0 aromatic heterocycles. The lowest BCUT2D eigenvalue weighted by Gasteiger charge is -2.31. The Labute approximate surface area is 189 Å². The van der Waals surface area contributed by atoms with E-state index in [1.54, 1.807) is 4.90 Å². The van der Waals surface area contributed by atoms with Crippen molar-refractivity contribution in [2.24, 2.45) is 11.8 Å². The van der Waals surface area contributed by atoms with Crippen LogP contribution < -0.4 is 5.32 Å². The SMILES string of the molecule is CCNC(=O)[C@H](CC)N(Cc1ccc(C)cc1)C(=O)CCN1C(=O)[C@H]2CC=CC[C@H]2C1=O. The maximum Gasteiger partial charge on any atom is 0.242 e. The number of aryl methyl sites for hydroxylation is 1. The van der Waals surface area contributed by atoms with Crippen molar-refractivity contribution in [1.29, 1.82) is 0 Å². The first kappa shape index (κ1) is 23.7. The molecule has 1 fully saturated rings. The molecule has 1 aromatic rings. The molecule has 1 saturated heterocycles. The van der Waals surface area contributed by atoms with Gasteiger partial charge in [0.25, 0.3) is 0 Å². The van der Waals surface area contributed by atoms with Gasteiger partial charge in [0.1, 0.15) is 6.04 Å². The first-order valence-corrected chi connectivity index (χ1v) is 11.5. The number of likely N-dealkylation sites (tertiary alicyclic amines) is 1. The zero-order valence-corrected chi connectivity index (χ0v) is 19.2. The highest BCUT2D eigenvalue weighted by molar-refractivity contribution is 6.05. The topological polar surface area (TPSA) is 86.8 Å². The number of hydrogen-bond acceptors (Lipinski definition) is 4. The van der Waals surface area contributed by atoms with E-state index in [-0.39, 0.29) is 48.4 Å². The van der Waals surface area contributed by atoms with Gasteiger partial charge in [-0.25, -0.2) is 0 Å². The number of nitrogens with one attached hydrogen (secondary N) is 1. The van der Waals surface area contributed by atoms with E-state index in [1.807, 2.05) is 57.2 Å². The molecule has 4 amide bonds. The summed E-state index contributed by atoms with van der Waals surface area (Å²) < 4.78 is 0. The van der Waals surface area contributed by atoms with Crippen molar-refractivity contribution < 1.29 is 19.2 Å². The van der Waals surface area contributed by atoms with Crippen LogP contribution in [-0.4, -0.2) is 52.6 Å². The van der Waals surface area contributed by atoms with Crippen LogP contribution in [0.3, 0.4) is 0 Å². The third kappa shape index (κ3) is 5.09.